The number of rotatable bonds is 3. The van der Waals surface area contributed by atoms with Gasteiger partial charge in [-0.1, -0.05) is 6.92 Å². The van der Waals surface area contributed by atoms with Gasteiger partial charge >= 0.3 is 0 Å². The van der Waals surface area contributed by atoms with E-state index in [2.05, 4.69) is 15.5 Å². The number of H-pyrrole nitrogens is 1. The van der Waals surface area contributed by atoms with E-state index in [4.69, 9.17) is 5.73 Å². The molecule has 5 heteroatoms. The Bertz CT molecular complexity index is 518. The number of hydrogen-bond donors (Lipinski definition) is 3. The van der Waals surface area contributed by atoms with Gasteiger partial charge in [0, 0.05) is 17.5 Å². The third kappa shape index (κ3) is 1.98. The number of nitrogens with one attached hydrogen (secondary N) is 2. The number of aromatic amines is 1. The molecule has 0 aliphatic carbocycles. The standard InChI is InChI=1S/C11H14N4O/c1-2-3-10(16)13-11-8-6-7(12)4-5-9(8)14-15-11/h4-6H,2-3,12H2,1H3,(H2,13,14,15,16). The van der Waals surface area contributed by atoms with Crippen molar-refractivity contribution in [2.75, 3.05) is 11.1 Å². The Balaban J connectivity index is 2.30. The molecule has 0 aliphatic heterocycles. The van der Waals surface area contributed by atoms with Gasteiger partial charge in [0.2, 0.25) is 5.91 Å². The van der Waals surface area contributed by atoms with Gasteiger partial charge in [-0.25, -0.2) is 0 Å². The average molecular weight is 218 g/mol. The van der Waals surface area contributed by atoms with Gasteiger partial charge in [-0.15, -0.1) is 0 Å². The van der Waals surface area contributed by atoms with Crippen molar-refractivity contribution in [3.05, 3.63) is 18.2 Å². The molecule has 1 heterocycles. The van der Waals surface area contributed by atoms with Crippen LogP contribution in [0.2, 0.25) is 0 Å². The van der Waals surface area contributed by atoms with Crippen LogP contribution in [0.5, 0.6) is 0 Å². The van der Waals surface area contributed by atoms with Gasteiger partial charge in [0.1, 0.15) is 0 Å². The summed E-state index contributed by atoms with van der Waals surface area (Å²) >= 11 is 0. The summed E-state index contributed by atoms with van der Waals surface area (Å²) in [5, 5.41) is 10.5. The van der Waals surface area contributed by atoms with E-state index < -0.39 is 0 Å². The Morgan fingerprint density at radius 3 is 3.12 bits per heavy atom. The summed E-state index contributed by atoms with van der Waals surface area (Å²) in [4.78, 5) is 11.4. The van der Waals surface area contributed by atoms with E-state index in [0.29, 0.717) is 17.9 Å². The Labute approximate surface area is 93.0 Å². The van der Waals surface area contributed by atoms with E-state index in [1.54, 1.807) is 12.1 Å². The lowest BCUT2D eigenvalue weighted by Gasteiger charge is -2.00. The molecule has 0 atom stereocenters. The summed E-state index contributed by atoms with van der Waals surface area (Å²) in [5.41, 5.74) is 7.20. The third-order valence-electron chi connectivity index (χ3n) is 2.32. The molecule has 0 saturated carbocycles. The van der Waals surface area contributed by atoms with Crippen molar-refractivity contribution in [1.82, 2.24) is 10.2 Å². The van der Waals surface area contributed by atoms with Crippen molar-refractivity contribution >= 4 is 28.3 Å². The minimum Gasteiger partial charge on any atom is -0.399 e. The van der Waals surface area contributed by atoms with Crippen LogP contribution in [-0.4, -0.2) is 16.1 Å². The Morgan fingerprint density at radius 2 is 2.38 bits per heavy atom. The molecular formula is C11H14N4O. The van der Waals surface area contributed by atoms with Crippen LogP contribution in [0.25, 0.3) is 10.9 Å². The van der Waals surface area contributed by atoms with Gasteiger partial charge in [0.15, 0.2) is 5.82 Å². The third-order valence-corrected chi connectivity index (χ3v) is 2.32. The highest BCUT2D eigenvalue weighted by molar-refractivity contribution is 6.00. The smallest absolute Gasteiger partial charge is 0.225 e. The fraction of sp³-hybridized carbons (Fsp3) is 0.273. The molecule has 0 bridgehead atoms. The van der Waals surface area contributed by atoms with Gasteiger partial charge in [-0.3, -0.25) is 9.89 Å². The molecule has 0 spiro atoms. The predicted octanol–water partition coefficient (Wildman–Crippen LogP) is 1.88. The maximum absolute atomic E-state index is 11.4. The fourth-order valence-electron chi connectivity index (χ4n) is 1.55. The molecule has 1 aromatic carbocycles. The largest absolute Gasteiger partial charge is 0.399 e. The molecule has 84 valence electrons. The lowest BCUT2D eigenvalue weighted by atomic mass is 10.2. The number of nitrogen functional groups attached to an aromatic ring is 1. The Hall–Kier alpha value is -2.04. The highest BCUT2D eigenvalue weighted by atomic mass is 16.1. The minimum atomic E-state index is -0.0293. The first-order valence-corrected chi connectivity index (χ1v) is 5.24. The Morgan fingerprint density at radius 1 is 1.56 bits per heavy atom. The summed E-state index contributed by atoms with van der Waals surface area (Å²) in [7, 11) is 0. The number of aromatic nitrogens is 2. The highest BCUT2D eigenvalue weighted by Gasteiger charge is 2.08. The highest BCUT2D eigenvalue weighted by Crippen LogP contribution is 2.22. The number of nitrogens with two attached hydrogens (primary N) is 1. The normalized spacial score (nSPS) is 10.6. The van der Waals surface area contributed by atoms with Crippen molar-refractivity contribution in [2.24, 2.45) is 0 Å². The van der Waals surface area contributed by atoms with Crippen LogP contribution in [0.15, 0.2) is 18.2 Å². The van der Waals surface area contributed by atoms with Gasteiger partial charge in [0.05, 0.1) is 5.52 Å². The number of carbonyl (C=O) groups excluding carboxylic acids is 1. The van der Waals surface area contributed by atoms with E-state index in [0.717, 1.165) is 17.3 Å². The van der Waals surface area contributed by atoms with Crippen LogP contribution >= 0.6 is 0 Å². The molecule has 0 saturated heterocycles. The number of nitrogens with zero attached hydrogens (tertiary/aromatic N) is 1. The van der Waals surface area contributed by atoms with E-state index >= 15 is 0 Å². The molecule has 0 radical (unpaired) electrons. The van der Waals surface area contributed by atoms with Crippen LogP contribution in [-0.2, 0) is 4.79 Å². The van der Waals surface area contributed by atoms with E-state index in [1.165, 1.54) is 0 Å². The number of amides is 1. The minimum absolute atomic E-state index is 0.0293. The summed E-state index contributed by atoms with van der Waals surface area (Å²) in [6.07, 6.45) is 1.31. The van der Waals surface area contributed by atoms with Gasteiger partial charge in [0.25, 0.3) is 0 Å². The molecule has 0 unspecified atom stereocenters. The lowest BCUT2D eigenvalue weighted by Crippen LogP contribution is -2.11. The number of anilines is 2. The first kappa shape index (κ1) is 10.5. The van der Waals surface area contributed by atoms with Crippen molar-refractivity contribution in [2.45, 2.75) is 19.8 Å². The van der Waals surface area contributed by atoms with Gasteiger partial charge in [-0.2, -0.15) is 5.10 Å². The summed E-state index contributed by atoms with van der Waals surface area (Å²) in [6, 6.07) is 5.42. The zero-order valence-electron chi connectivity index (χ0n) is 9.08. The first-order valence-electron chi connectivity index (χ1n) is 5.24. The monoisotopic (exact) mass is 218 g/mol. The predicted molar refractivity (Wildman–Crippen MR) is 64.0 cm³/mol. The molecule has 5 nitrogen and oxygen atoms in total. The molecule has 0 fully saturated rings. The van der Waals surface area contributed by atoms with Crippen LogP contribution in [0.1, 0.15) is 19.8 Å². The molecule has 0 aliphatic rings. The number of fused-ring (bicyclic) bond motifs is 1. The van der Waals surface area contributed by atoms with Crippen LogP contribution < -0.4 is 11.1 Å². The molecular weight excluding hydrogens is 204 g/mol. The average Bonchev–Trinajstić information content (AvgIpc) is 2.61. The maximum atomic E-state index is 11.4. The summed E-state index contributed by atoms with van der Waals surface area (Å²) in [6.45, 7) is 1.96. The second kappa shape index (κ2) is 4.22. The lowest BCUT2D eigenvalue weighted by molar-refractivity contribution is -0.116. The molecule has 16 heavy (non-hydrogen) atoms. The molecule has 4 N–H and O–H groups in total. The fourth-order valence-corrected chi connectivity index (χ4v) is 1.55. The van der Waals surface area contributed by atoms with Crippen LogP contribution in [0.4, 0.5) is 11.5 Å². The molecule has 1 aromatic heterocycles. The van der Waals surface area contributed by atoms with Crippen molar-refractivity contribution < 1.29 is 4.79 Å². The topological polar surface area (TPSA) is 83.8 Å². The summed E-state index contributed by atoms with van der Waals surface area (Å²) in [5.74, 6) is 0.513. The summed E-state index contributed by atoms with van der Waals surface area (Å²) < 4.78 is 0. The Kier molecular flexibility index (Phi) is 2.76. The molecule has 2 rings (SSSR count). The van der Waals surface area contributed by atoms with Crippen LogP contribution in [0, 0.1) is 0 Å². The second-order valence-corrected chi connectivity index (χ2v) is 3.68. The van der Waals surface area contributed by atoms with Crippen molar-refractivity contribution in [3.8, 4) is 0 Å². The van der Waals surface area contributed by atoms with E-state index in [9.17, 15) is 4.79 Å². The first-order chi connectivity index (χ1) is 7.70. The van der Waals surface area contributed by atoms with E-state index in [-0.39, 0.29) is 5.91 Å². The molecule has 1 amide bonds. The number of benzene rings is 1. The molecule has 2 aromatic rings. The van der Waals surface area contributed by atoms with Gasteiger partial charge < -0.3 is 11.1 Å². The van der Waals surface area contributed by atoms with E-state index in [1.807, 2.05) is 13.0 Å². The SMILES string of the molecule is CCCC(=O)Nc1n[nH]c2ccc(N)cc12. The zero-order valence-corrected chi connectivity index (χ0v) is 9.08. The van der Waals surface area contributed by atoms with Gasteiger partial charge in [-0.05, 0) is 24.6 Å². The maximum Gasteiger partial charge on any atom is 0.225 e. The quantitative estimate of drug-likeness (QED) is 0.688. The van der Waals surface area contributed by atoms with Crippen molar-refractivity contribution in [1.29, 1.82) is 0 Å². The van der Waals surface area contributed by atoms with Crippen molar-refractivity contribution in [3.63, 3.8) is 0 Å². The number of hydrogen-bond acceptors (Lipinski definition) is 3. The second-order valence-electron chi connectivity index (χ2n) is 3.68. The van der Waals surface area contributed by atoms with Crippen LogP contribution in [0.3, 0.4) is 0 Å². The number of carbonyl (C=O) groups is 1. The zero-order chi connectivity index (χ0) is 11.5.